The highest BCUT2D eigenvalue weighted by Gasteiger charge is 2.19. The first-order valence-electron chi connectivity index (χ1n) is 5.58. The number of rotatable bonds is 5. The second kappa shape index (κ2) is 6.51. The Labute approximate surface area is 106 Å². The summed E-state index contributed by atoms with van der Waals surface area (Å²) in [4.78, 5) is 13.7. The summed E-state index contributed by atoms with van der Waals surface area (Å²) in [6.07, 6.45) is 0.291. The van der Waals surface area contributed by atoms with Crippen LogP contribution in [0.15, 0.2) is 12.1 Å². The summed E-state index contributed by atoms with van der Waals surface area (Å²) < 4.78 is 0. The number of nitriles is 1. The van der Waals surface area contributed by atoms with Crippen LogP contribution >= 0.6 is 0 Å². The lowest BCUT2D eigenvalue weighted by Crippen LogP contribution is -2.38. The van der Waals surface area contributed by atoms with Crippen LogP contribution in [0.5, 0.6) is 0 Å². The molecule has 1 heterocycles. The Morgan fingerprint density at radius 3 is 2.72 bits per heavy atom. The van der Waals surface area contributed by atoms with E-state index in [1.54, 1.807) is 17.0 Å². The summed E-state index contributed by atoms with van der Waals surface area (Å²) in [5.74, 6) is 5.31. The lowest BCUT2D eigenvalue weighted by molar-refractivity contribution is 0.0703. The smallest absolute Gasteiger partial charge is 0.274 e. The molecule has 1 rings (SSSR count). The third-order valence-electron chi connectivity index (χ3n) is 2.38. The van der Waals surface area contributed by atoms with Gasteiger partial charge in [0.15, 0.2) is 11.5 Å². The van der Waals surface area contributed by atoms with Gasteiger partial charge < -0.3 is 10.3 Å². The highest BCUT2D eigenvalue weighted by Crippen LogP contribution is 2.08. The summed E-state index contributed by atoms with van der Waals surface area (Å²) in [6, 6.07) is 5.14. The Morgan fingerprint density at radius 2 is 2.28 bits per heavy atom. The van der Waals surface area contributed by atoms with Crippen molar-refractivity contribution in [3.8, 4) is 6.07 Å². The molecule has 1 aromatic rings. The van der Waals surface area contributed by atoms with Crippen molar-refractivity contribution >= 4 is 11.7 Å². The third-order valence-corrected chi connectivity index (χ3v) is 2.38. The summed E-state index contributed by atoms with van der Waals surface area (Å²) in [5, 5.41) is 16.1. The Kier molecular flexibility index (Phi) is 5.02. The Bertz CT molecular complexity index is 436. The van der Waals surface area contributed by atoms with Crippen molar-refractivity contribution in [3.63, 3.8) is 0 Å². The lowest BCUT2D eigenvalue weighted by Gasteiger charge is -2.25. The number of aromatic nitrogens is 2. The molecule has 0 spiro atoms. The number of nitrogens with one attached hydrogen (secondary N) is 1. The number of hydrazine groups is 1. The fraction of sp³-hybridized carbons (Fsp3) is 0.455. The van der Waals surface area contributed by atoms with Crippen LogP contribution < -0.4 is 11.3 Å². The second-order valence-corrected chi connectivity index (χ2v) is 3.95. The Hall–Kier alpha value is -2.20. The number of hydrogen-bond acceptors (Lipinski definition) is 6. The summed E-state index contributed by atoms with van der Waals surface area (Å²) in [7, 11) is 0. The average molecular weight is 248 g/mol. The van der Waals surface area contributed by atoms with Gasteiger partial charge in [0.1, 0.15) is 0 Å². The number of hydrogen-bond donors (Lipinski definition) is 2. The largest absolute Gasteiger partial charge is 0.334 e. The summed E-state index contributed by atoms with van der Waals surface area (Å²) in [6.45, 7) is 4.16. The molecule has 0 aliphatic heterocycles. The molecule has 0 fully saturated rings. The summed E-state index contributed by atoms with van der Waals surface area (Å²) >= 11 is 0. The third kappa shape index (κ3) is 3.40. The van der Waals surface area contributed by atoms with E-state index in [1.807, 2.05) is 19.9 Å². The van der Waals surface area contributed by atoms with E-state index in [0.29, 0.717) is 18.8 Å². The number of nitrogens with zero attached hydrogens (tertiary/aromatic N) is 4. The van der Waals surface area contributed by atoms with Crippen LogP contribution in [0.2, 0.25) is 0 Å². The molecule has 7 nitrogen and oxygen atoms in total. The first-order chi connectivity index (χ1) is 8.60. The van der Waals surface area contributed by atoms with Gasteiger partial charge in [0.25, 0.3) is 5.91 Å². The lowest BCUT2D eigenvalue weighted by atomic mass is 10.2. The van der Waals surface area contributed by atoms with E-state index >= 15 is 0 Å². The molecule has 0 saturated carbocycles. The summed E-state index contributed by atoms with van der Waals surface area (Å²) in [5.41, 5.74) is 2.57. The topological polar surface area (TPSA) is 108 Å². The number of nitrogen functional groups attached to an aromatic ring is 1. The van der Waals surface area contributed by atoms with Crippen LogP contribution in [0.4, 0.5) is 5.82 Å². The molecule has 0 atom stereocenters. The van der Waals surface area contributed by atoms with E-state index in [0.717, 1.165) is 0 Å². The van der Waals surface area contributed by atoms with Crippen molar-refractivity contribution in [3.05, 3.63) is 17.8 Å². The molecule has 18 heavy (non-hydrogen) atoms. The van der Waals surface area contributed by atoms with Gasteiger partial charge in [-0.15, -0.1) is 10.2 Å². The molecule has 0 aromatic carbocycles. The van der Waals surface area contributed by atoms with Crippen molar-refractivity contribution in [1.29, 1.82) is 5.26 Å². The molecule has 96 valence electrons. The minimum atomic E-state index is -0.240. The van der Waals surface area contributed by atoms with Gasteiger partial charge in [0.05, 0.1) is 12.5 Å². The normalized spacial score (nSPS) is 9.94. The zero-order chi connectivity index (χ0) is 13.5. The van der Waals surface area contributed by atoms with Crippen LogP contribution in [0.25, 0.3) is 0 Å². The monoisotopic (exact) mass is 248 g/mol. The Morgan fingerprint density at radius 1 is 1.56 bits per heavy atom. The molecule has 0 aliphatic rings. The van der Waals surface area contributed by atoms with E-state index < -0.39 is 0 Å². The molecular formula is C11H16N6O. The maximum Gasteiger partial charge on any atom is 0.274 e. The predicted molar refractivity (Wildman–Crippen MR) is 66.2 cm³/mol. The van der Waals surface area contributed by atoms with E-state index in [-0.39, 0.29) is 17.6 Å². The molecule has 0 bridgehead atoms. The maximum atomic E-state index is 12.2. The minimum absolute atomic E-state index is 0.0000370. The molecular weight excluding hydrogens is 232 g/mol. The van der Waals surface area contributed by atoms with E-state index in [1.165, 1.54) is 0 Å². The first-order valence-corrected chi connectivity index (χ1v) is 5.58. The van der Waals surface area contributed by atoms with Crippen molar-refractivity contribution in [2.45, 2.75) is 26.3 Å². The molecule has 1 aromatic heterocycles. The van der Waals surface area contributed by atoms with Crippen LogP contribution in [0, 0.1) is 11.3 Å². The fourth-order valence-corrected chi connectivity index (χ4v) is 1.44. The van der Waals surface area contributed by atoms with Gasteiger partial charge in [-0.2, -0.15) is 5.26 Å². The van der Waals surface area contributed by atoms with E-state index in [4.69, 9.17) is 11.1 Å². The zero-order valence-electron chi connectivity index (χ0n) is 10.4. The van der Waals surface area contributed by atoms with Crippen molar-refractivity contribution < 1.29 is 4.79 Å². The first kappa shape index (κ1) is 13.9. The molecule has 0 aliphatic carbocycles. The maximum absolute atomic E-state index is 12.2. The minimum Gasteiger partial charge on any atom is -0.334 e. The van der Waals surface area contributed by atoms with Gasteiger partial charge in [0, 0.05) is 12.6 Å². The molecule has 0 saturated heterocycles. The van der Waals surface area contributed by atoms with Gasteiger partial charge in [-0.1, -0.05) is 0 Å². The zero-order valence-corrected chi connectivity index (χ0v) is 10.4. The number of amides is 1. The van der Waals surface area contributed by atoms with Crippen LogP contribution in [0.3, 0.4) is 0 Å². The second-order valence-electron chi connectivity index (χ2n) is 3.95. The molecule has 1 amide bonds. The standard InChI is InChI=1S/C11H16N6O/c1-8(2)17(7-3-6-12)11(18)9-4-5-10(14-13)16-15-9/h4-5,8H,3,7,13H2,1-2H3,(H,14,16). The van der Waals surface area contributed by atoms with Gasteiger partial charge in [-0.05, 0) is 26.0 Å². The van der Waals surface area contributed by atoms with Crippen LogP contribution in [-0.4, -0.2) is 33.6 Å². The van der Waals surface area contributed by atoms with Gasteiger partial charge >= 0.3 is 0 Å². The SMILES string of the molecule is CC(C)N(CCC#N)C(=O)c1ccc(NN)nn1. The van der Waals surface area contributed by atoms with Gasteiger partial charge in [0.2, 0.25) is 0 Å². The van der Waals surface area contributed by atoms with E-state index in [9.17, 15) is 4.79 Å². The number of anilines is 1. The van der Waals surface area contributed by atoms with Gasteiger partial charge in [-0.25, -0.2) is 5.84 Å². The predicted octanol–water partition coefficient (Wildman–Crippen LogP) is 0.526. The van der Waals surface area contributed by atoms with E-state index in [2.05, 4.69) is 15.6 Å². The number of nitrogens with two attached hydrogens (primary N) is 1. The molecule has 0 unspecified atom stereocenters. The van der Waals surface area contributed by atoms with Gasteiger partial charge in [-0.3, -0.25) is 4.79 Å². The van der Waals surface area contributed by atoms with Crippen molar-refractivity contribution in [2.24, 2.45) is 5.84 Å². The van der Waals surface area contributed by atoms with Crippen LogP contribution in [0.1, 0.15) is 30.8 Å². The molecule has 3 N–H and O–H groups in total. The fourth-order valence-electron chi connectivity index (χ4n) is 1.44. The number of carbonyl (C=O) groups is 1. The molecule has 0 radical (unpaired) electrons. The van der Waals surface area contributed by atoms with Crippen LogP contribution in [-0.2, 0) is 0 Å². The quantitative estimate of drug-likeness (QED) is 0.581. The average Bonchev–Trinajstić information content (AvgIpc) is 2.38. The van der Waals surface area contributed by atoms with Crippen molar-refractivity contribution in [2.75, 3.05) is 12.0 Å². The molecule has 7 heteroatoms. The number of carbonyl (C=O) groups excluding carboxylic acids is 1. The van der Waals surface area contributed by atoms with Crippen molar-refractivity contribution in [1.82, 2.24) is 15.1 Å². The highest BCUT2D eigenvalue weighted by atomic mass is 16.2. The Balaban J connectivity index is 2.84. The highest BCUT2D eigenvalue weighted by molar-refractivity contribution is 5.92.